The first-order valence-electron chi connectivity index (χ1n) is 9.51. The second-order valence-electron chi connectivity index (χ2n) is 6.53. The van der Waals surface area contributed by atoms with Gasteiger partial charge in [-0.15, -0.1) is 16.4 Å². The molecule has 0 atom stereocenters. The van der Waals surface area contributed by atoms with E-state index in [2.05, 4.69) is 20.1 Å². The number of hydrogen-bond donors (Lipinski definition) is 1. The molecular weight excluding hydrogens is 438 g/mol. The van der Waals surface area contributed by atoms with Crippen molar-refractivity contribution in [3.63, 3.8) is 0 Å². The van der Waals surface area contributed by atoms with Crippen molar-refractivity contribution in [2.24, 2.45) is 0 Å². The van der Waals surface area contributed by atoms with Crippen LogP contribution in [-0.2, 0) is 6.54 Å². The Hall–Kier alpha value is -3.79. The average Bonchev–Trinajstić information content (AvgIpc) is 3.48. The van der Waals surface area contributed by atoms with Gasteiger partial charge in [0.1, 0.15) is 0 Å². The predicted molar refractivity (Wildman–Crippen MR) is 115 cm³/mol. The van der Waals surface area contributed by atoms with Crippen molar-refractivity contribution in [2.75, 3.05) is 7.11 Å². The number of amides is 1. The fraction of sp³-hybridized carbons (Fsp3) is 0.136. The maximum absolute atomic E-state index is 12.8. The van der Waals surface area contributed by atoms with Crippen LogP contribution in [0.2, 0.25) is 0 Å². The predicted octanol–water partition coefficient (Wildman–Crippen LogP) is 4.54. The Kier molecular flexibility index (Phi) is 6.41. The molecule has 32 heavy (non-hydrogen) atoms. The molecule has 0 bridgehead atoms. The summed E-state index contributed by atoms with van der Waals surface area (Å²) < 4.78 is 36.1. The van der Waals surface area contributed by atoms with E-state index in [1.807, 2.05) is 47.8 Å². The van der Waals surface area contributed by atoms with Crippen LogP contribution in [0.1, 0.15) is 16.2 Å². The van der Waals surface area contributed by atoms with E-state index < -0.39 is 12.5 Å². The van der Waals surface area contributed by atoms with Gasteiger partial charge in [0, 0.05) is 6.54 Å². The van der Waals surface area contributed by atoms with E-state index in [4.69, 9.17) is 4.74 Å². The third-order valence-corrected chi connectivity index (χ3v) is 5.32. The highest BCUT2D eigenvalue weighted by Crippen LogP contribution is 2.29. The Bertz CT molecular complexity index is 1200. The summed E-state index contributed by atoms with van der Waals surface area (Å²) in [7, 11) is 1.35. The van der Waals surface area contributed by atoms with Gasteiger partial charge in [0.05, 0.1) is 17.7 Å². The number of para-hydroxylation sites is 1. The zero-order valence-electron chi connectivity index (χ0n) is 16.9. The fourth-order valence-electron chi connectivity index (χ4n) is 3.00. The minimum absolute atomic E-state index is 0.0156. The molecule has 7 nitrogen and oxygen atoms in total. The first kappa shape index (κ1) is 21.4. The Morgan fingerprint density at radius 1 is 1.12 bits per heavy atom. The van der Waals surface area contributed by atoms with Crippen molar-refractivity contribution >= 4 is 17.2 Å². The molecule has 1 N–H and O–H groups in total. The number of aromatic nitrogens is 3. The topological polar surface area (TPSA) is 78.3 Å². The van der Waals surface area contributed by atoms with E-state index in [9.17, 15) is 13.6 Å². The molecule has 4 aromatic rings. The van der Waals surface area contributed by atoms with Gasteiger partial charge in [0.25, 0.3) is 5.91 Å². The SMILES string of the molecule is COc1cc(CNC(=O)c2nc(-c3cccs3)n(-c3ccccc3)n2)ccc1OC(F)F. The zero-order valence-corrected chi connectivity index (χ0v) is 17.7. The fourth-order valence-corrected chi connectivity index (χ4v) is 3.70. The number of carbonyl (C=O) groups excluding carboxylic acids is 1. The molecule has 0 aliphatic rings. The molecule has 0 spiro atoms. The minimum Gasteiger partial charge on any atom is -0.493 e. The lowest BCUT2D eigenvalue weighted by atomic mass is 10.2. The maximum Gasteiger partial charge on any atom is 0.387 e. The molecule has 0 aliphatic carbocycles. The van der Waals surface area contributed by atoms with Crippen molar-refractivity contribution in [2.45, 2.75) is 13.2 Å². The van der Waals surface area contributed by atoms with Crippen molar-refractivity contribution < 1.29 is 23.0 Å². The van der Waals surface area contributed by atoms with E-state index >= 15 is 0 Å². The number of ether oxygens (including phenoxy) is 2. The van der Waals surface area contributed by atoms with Gasteiger partial charge < -0.3 is 14.8 Å². The van der Waals surface area contributed by atoms with Crippen LogP contribution in [0.5, 0.6) is 11.5 Å². The monoisotopic (exact) mass is 456 g/mol. The number of hydrogen-bond acceptors (Lipinski definition) is 6. The lowest BCUT2D eigenvalue weighted by Gasteiger charge is -2.11. The summed E-state index contributed by atoms with van der Waals surface area (Å²) in [6, 6.07) is 17.7. The Balaban J connectivity index is 1.54. The highest BCUT2D eigenvalue weighted by atomic mass is 32.1. The van der Waals surface area contributed by atoms with Crippen LogP contribution < -0.4 is 14.8 Å². The second kappa shape index (κ2) is 9.56. The third kappa shape index (κ3) is 4.75. The molecule has 0 fully saturated rings. The van der Waals surface area contributed by atoms with Gasteiger partial charge in [-0.2, -0.15) is 8.78 Å². The number of methoxy groups -OCH3 is 1. The van der Waals surface area contributed by atoms with Crippen LogP contribution in [0.3, 0.4) is 0 Å². The molecule has 0 aliphatic heterocycles. The van der Waals surface area contributed by atoms with Crippen molar-refractivity contribution in [1.29, 1.82) is 0 Å². The van der Waals surface area contributed by atoms with E-state index in [0.29, 0.717) is 11.4 Å². The van der Waals surface area contributed by atoms with Gasteiger partial charge in [-0.3, -0.25) is 4.79 Å². The molecule has 0 unspecified atom stereocenters. The molecular formula is C22H18F2N4O3S. The number of nitrogens with zero attached hydrogens (tertiary/aromatic N) is 3. The number of alkyl halides is 2. The summed E-state index contributed by atoms with van der Waals surface area (Å²) in [6.07, 6.45) is 0. The maximum atomic E-state index is 12.8. The van der Waals surface area contributed by atoms with Gasteiger partial charge in [-0.25, -0.2) is 9.67 Å². The van der Waals surface area contributed by atoms with Gasteiger partial charge in [-0.1, -0.05) is 30.3 Å². The first-order chi connectivity index (χ1) is 15.5. The molecule has 164 valence electrons. The summed E-state index contributed by atoms with van der Waals surface area (Å²) >= 11 is 1.50. The number of rotatable bonds is 8. The van der Waals surface area contributed by atoms with Gasteiger partial charge in [0.15, 0.2) is 17.3 Å². The lowest BCUT2D eigenvalue weighted by Crippen LogP contribution is -2.24. The normalized spacial score (nSPS) is 10.9. The molecule has 10 heteroatoms. The summed E-state index contributed by atoms with van der Waals surface area (Å²) in [5.74, 6) is 0.169. The minimum atomic E-state index is -2.96. The molecule has 0 radical (unpaired) electrons. The summed E-state index contributed by atoms with van der Waals surface area (Å²) in [4.78, 5) is 18.1. The molecule has 0 saturated carbocycles. The van der Waals surface area contributed by atoms with Crippen LogP contribution in [0.15, 0.2) is 66.0 Å². The number of nitrogens with one attached hydrogen (secondary N) is 1. The number of carbonyl (C=O) groups is 1. The van der Waals surface area contributed by atoms with Crippen LogP contribution in [-0.4, -0.2) is 34.4 Å². The van der Waals surface area contributed by atoms with Crippen molar-refractivity contribution in [3.8, 4) is 27.9 Å². The summed E-state index contributed by atoms with van der Waals surface area (Å²) in [5.41, 5.74) is 1.42. The van der Waals surface area contributed by atoms with Gasteiger partial charge in [-0.05, 0) is 41.3 Å². The van der Waals surface area contributed by atoms with E-state index in [0.717, 1.165) is 10.6 Å². The van der Waals surface area contributed by atoms with Crippen LogP contribution in [0.25, 0.3) is 16.4 Å². The van der Waals surface area contributed by atoms with E-state index in [1.54, 1.807) is 10.7 Å². The van der Waals surface area contributed by atoms with Crippen molar-refractivity contribution in [1.82, 2.24) is 20.1 Å². The number of benzene rings is 2. The molecule has 2 aromatic heterocycles. The summed E-state index contributed by atoms with van der Waals surface area (Å²) in [5, 5.41) is 9.07. The lowest BCUT2D eigenvalue weighted by molar-refractivity contribution is -0.0512. The summed E-state index contributed by atoms with van der Waals surface area (Å²) in [6.45, 7) is -2.84. The Labute approximate surface area is 186 Å². The van der Waals surface area contributed by atoms with Crippen LogP contribution in [0.4, 0.5) is 8.78 Å². The molecule has 2 heterocycles. The molecule has 1 amide bonds. The van der Waals surface area contributed by atoms with Gasteiger partial charge >= 0.3 is 6.61 Å². The largest absolute Gasteiger partial charge is 0.493 e. The van der Waals surface area contributed by atoms with Crippen LogP contribution >= 0.6 is 11.3 Å². The highest BCUT2D eigenvalue weighted by Gasteiger charge is 2.19. The number of thiophene rings is 1. The highest BCUT2D eigenvalue weighted by molar-refractivity contribution is 7.13. The molecule has 4 rings (SSSR count). The van der Waals surface area contributed by atoms with Gasteiger partial charge in [0.2, 0.25) is 5.82 Å². The first-order valence-corrected chi connectivity index (χ1v) is 10.4. The zero-order chi connectivity index (χ0) is 22.5. The standard InChI is InChI=1S/C22H18F2N4O3S/c1-30-17-12-14(9-10-16(17)31-22(23)24)13-25-21(29)19-26-20(18-8-5-11-32-18)28(27-19)15-6-3-2-4-7-15/h2-12,22H,13H2,1H3,(H,25,29). The third-order valence-electron chi connectivity index (χ3n) is 4.45. The Morgan fingerprint density at radius 2 is 1.94 bits per heavy atom. The average molecular weight is 456 g/mol. The number of halogens is 2. The molecule has 0 saturated heterocycles. The van der Waals surface area contributed by atoms with Crippen LogP contribution in [0, 0.1) is 0 Å². The smallest absolute Gasteiger partial charge is 0.387 e. The van der Waals surface area contributed by atoms with E-state index in [1.165, 1.54) is 30.6 Å². The Morgan fingerprint density at radius 3 is 2.62 bits per heavy atom. The van der Waals surface area contributed by atoms with E-state index in [-0.39, 0.29) is 23.9 Å². The quantitative estimate of drug-likeness (QED) is 0.421. The second-order valence-corrected chi connectivity index (χ2v) is 7.48. The van der Waals surface area contributed by atoms with Crippen molar-refractivity contribution in [3.05, 3.63) is 77.4 Å². The molecule has 2 aromatic carbocycles.